The molecule has 150 heavy (non-hydrogen) atoms. The summed E-state index contributed by atoms with van der Waals surface area (Å²) in [4.78, 5) is 173. The number of nitrogen functional groups attached to an aromatic ring is 2. The van der Waals surface area contributed by atoms with Crippen LogP contribution in [0.2, 0.25) is 0 Å². The summed E-state index contributed by atoms with van der Waals surface area (Å²) in [6.07, 6.45) is 15.5. The van der Waals surface area contributed by atoms with Crippen LogP contribution in [0.4, 0.5) is 23.3 Å². The van der Waals surface area contributed by atoms with Gasteiger partial charge in [0.05, 0.1) is 61.7 Å². The Morgan fingerprint density at radius 3 is 1.25 bits per heavy atom. The number of anilines is 2. The predicted molar refractivity (Wildman–Crippen MR) is 579 cm³/mol. The van der Waals surface area contributed by atoms with Gasteiger partial charge in [-0.2, -0.15) is 9.36 Å². The number of pyridine rings is 2. The Bertz CT molecular complexity index is 6120. The lowest BCUT2D eigenvalue weighted by atomic mass is 9.85. The summed E-state index contributed by atoms with van der Waals surface area (Å²) in [5.74, 6) is -1.24. The van der Waals surface area contributed by atoms with Crippen molar-refractivity contribution in [1.82, 2.24) is 102 Å². The van der Waals surface area contributed by atoms with Gasteiger partial charge in [0, 0.05) is 117 Å². The fourth-order valence-electron chi connectivity index (χ4n) is 19.6. The molecule has 806 valence electrons. The molecule has 0 saturated carbocycles. The van der Waals surface area contributed by atoms with Crippen molar-refractivity contribution in [3.8, 4) is 33.8 Å². The van der Waals surface area contributed by atoms with Gasteiger partial charge < -0.3 is 103 Å². The summed E-state index contributed by atoms with van der Waals surface area (Å²) in [6.45, 7) is 45.0. The van der Waals surface area contributed by atoms with Crippen molar-refractivity contribution < 1.29 is 62.2 Å². The molecule has 0 unspecified atom stereocenters. The molecule has 4 aliphatic heterocycles. The van der Waals surface area contributed by atoms with E-state index >= 15 is 0 Å². The van der Waals surface area contributed by atoms with E-state index < -0.39 is 65.3 Å². The lowest BCUT2D eigenvalue weighted by molar-refractivity contribution is -0.144. The van der Waals surface area contributed by atoms with E-state index in [9.17, 15) is 52.7 Å². The number of nitrogens with two attached hydrogens (primary N) is 2. The minimum atomic E-state index is -0.915. The van der Waals surface area contributed by atoms with Crippen LogP contribution in [0.5, 0.6) is 11.5 Å². The number of likely N-dealkylation sites (tertiary alicyclic amines) is 2. The largest absolute Gasteiger partial charge is 0.482 e. The Labute approximate surface area is 883 Å². The number of amides is 11. The highest BCUT2D eigenvalue weighted by atomic mass is 16.5. The van der Waals surface area contributed by atoms with Crippen LogP contribution in [-0.4, -0.2) is 223 Å². The number of hydrogen-bond donors (Lipinski definition) is 12. The number of aryl methyl sites for hydroxylation is 2. The summed E-state index contributed by atoms with van der Waals surface area (Å²) in [6, 6.07) is 28.9. The number of rotatable bonds is 42. The molecule has 8 aromatic rings. The average molecular weight is 2060 g/mol. The van der Waals surface area contributed by atoms with E-state index in [2.05, 4.69) is 83.0 Å². The molecule has 2 saturated heterocycles. The van der Waals surface area contributed by atoms with E-state index in [4.69, 9.17) is 34.1 Å². The maximum absolute atomic E-state index is 14.4. The summed E-state index contributed by atoms with van der Waals surface area (Å²) in [7, 11) is 6.79. The van der Waals surface area contributed by atoms with Crippen molar-refractivity contribution in [2.24, 2.45) is 10.8 Å². The molecule has 37 heteroatoms. The van der Waals surface area contributed by atoms with Crippen LogP contribution in [0.15, 0.2) is 122 Å². The number of nitrogens with zero attached hydrogens (tertiary/aromatic N) is 12. The van der Waals surface area contributed by atoms with Crippen molar-refractivity contribution in [3.05, 3.63) is 200 Å². The van der Waals surface area contributed by atoms with E-state index in [1.165, 1.54) is 4.90 Å². The number of nitrogens with one attached hydrogen (secondary N) is 10. The molecule has 4 bridgehead atoms. The second-order valence-electron chi connectivity index (χ2n) is 42.2. The number of aromatic nitrogens is 6. The molecule has 12 atom stereocenters. The van der Waals surface area contributed by atoms with Gasteiger partial charge in [-0.05, 0) is 181 Å². The average Bonchev–Trinajstić information content (AvgIpc) is 1.60. The van der Waals surface area contributed by atoms with Gasteiger partial charge in [0.2, 0.25) is 53.2 Å². The van der Waals surface area contributed by atoms with E-state index in [1.54, 1.807) is 103 Å². The van der Waals surface area contributed by atoms with Crippen LogP contribution < -0.4 is 74.1 Å². The summed E-state index contributed by atoms with van der Waals surface area (Å²) in [5.41, 5.74) is 21.0. The first-order chi connectivity index (χ1) is 71.6. The number of likely N-dealkylation sites (N-methyl/N-ethyl adjacent to an activating group) is 2. The summed E-state index contributed by atoms with van der Waals surface area (Å²) < 4.78 is 16.0. The van der Waals surface area contributed by atoms with Crippen LogP contribution in [0, 0.1) is 37.8 Å². The lowest BCUT2D eigenvalue weighted by Crippen LogP contribution is -2.59. The molecule has 4 aliphatic rings. The smallest absolute Gasteiger partial charge is 0.303 e. The van der Waals surface area contributed by atoms with Gasteiger partial charge in [-0.3, -0.25) is 52.7 Å². The van der Waals surface area contributed by atoms with Gasteiger partial charge in [-0.25, -0.2) is 9.97 Å². The molecule has 2 fully saturated rings. The topological polar surface area (TPSA) is 462 Å². The highest BCUT2D eigenvalue weighted by molar-refractivity contribution is 5.99. The molecular formula is C113H156N24O13. The Hall–Kier alpha value is -14.2. The first-order valence-electron chi connectivity index (χ1n) is 52.9. The monoisotopic (exact) mass is 2060 g/mol. The third-order valence-electron chi connectivity index (χ3n) is 28.5. The normalized spacial score (nSPS) is 17.7. The molecule has 8 heterocycles. The van der Waals surface area contributed by atoms with Gasteiger partial charge in [0.1, 0.15) is 36.4 Å². The fourth-order valence-corrected chi connectivity index (χ4v) is 19.6. The second-order valence-corrected chi connectivity index (χ2v) is 42.2. The van der Waals surface area contributed by atoms with Gasteiger partial charge >= 0.3 is 11.6 Å². The number of carbonyl (C=O) groups excluding carboxylic acids is 11. The molecule has 0 radical (unpaired) electrons. The number of carbonyl (C=O) groups is 11. The Morgan fingerprint density at radius 1 is 0.493 bits per heavy atom. The third-order valence-corrected chi connectivity index (χ3v) is 28.5. The number of fused-ring (bicyclic) bond motifs is 10. The molecule has 11 amide bonds. The summed E-state index contributed by atoms with van der Waals surface area (Å²) in [5, 5.41) is 40.1. The van der Waals surface area contributed by atoms with Crippen molar-refractivity contribution in [2.45, 2.75) is 318 Å². The third kappa shape index (κ3) is 30.8. The number of unbranched alkanes of at least 4 members (excludes halogenated alkanes) is 10. The van der Waals surface area contributed by atoms with Crippen LogP contribution in [0.3, 0.4) is 0 Å². The Kier molecular flexibility index (Phi) is 42.1. The number of hydrogen-bond acceptors (Lipinski definition) is 22. The first-order valence-corrected chi connectivity index (χ1v) is 52.9. The quantitative estimate of drug-likeness (QED) is 0.0125. The van der Waals surface area contributed by atoms with Gasteiger partial charge in [0.15, 0.2) is 23.1 Å². The minimum absolute atomic E-state index is 0.0707. The maximum atomic E-state index is 14.4. The Balaban J connectivity index is 0.000000285. The first kappa shape index (κ1) is 116. The molecule has 12 rings (SSSR count). The molecule has 0 aliphatic carbocycles. The van der Waals surface area contributed by atoms with Crippen molar-refractivity contribution in [2.75, 3.05) is 72.4 Å². The van der Waals surface area contributed by atoms with E-state index in [0.717, 1.165) is 98.6 Å². The van der Waals surface area contributed by atoms with Gasteiger partial charge in [0.25, 0.3) is 11.8 Å². The van der Waals surface area contributed by atoms with Gasteiger partial charge in [-0.1, -0.05) is 216 Å². The van der Waals surface area contributed by atoms with E-state index in [1.807, 2.05) is 168 Å². The van der Waals surface area contributed by atoms with Crippen LogP contribution in [0.25, 0.3) is 31.9 Å². The highest BCUT2D eigenvalue weighted by Gasteiger charge is 2.49. The van der Waals surface area contributed by atoms with Crippen molar-refractivity contribution >= 4 is 88.3 Å². The zero-order valence-corrected chi connectivity index (χ0v) is 90.6. The second kappa shape index (κ2) is 54.3. The molecule has 4 aromatic carbocycles. The lowest BCUT2D eigenvalue weighted by Gasteiger charge is -2.36. The maximum Gasteiger partial charge on any atom is 0.303 e. The van der Waals surface area contributed by atoms with Crippen molar-refractivity contribution in [3.63, 3.8) is 0 Å². The van der Waals surface area contributed by atoms with Crippen LogP contribution in [0.1, 0.15) is 295 Å². The van der Waals surface area contributed by atoms with E-state index in [0.29, 0.717) is 120 Å². The van der Waals surface area contributed by atoms with Crippen molar-refractivity contribution in [1.29, 1.82) is 0 Å². The van der Waals surface area contributed by atoms with E-state index in [-0.39, 0.29) is 159 Å². The molecule has 14 N–H and O–H groups in total. The number of benzene rings is 4. The molecule has 4 aromatic heterocycles. The van der Waals surface area contributed by atoms with Crippen LogP contribution >= 0.6 is 0 Å². The van der Waals surface area contributed by atoms with Gasteiger partial charge in [-0.15, -0.1) is 0 Å². The van der Waals surface area contributed by atoms with Crippen LogP contribution in [-0.2, 0) is 69.3 Å². The standard InChI is InChI=1S/C57H78N12O7.C56H78N12O6/c1-11-43(38-21-17-16-18-22-38)64-54(73)44-31-40(33-68(44)56(75)50(57(5,6)7)65-53(72)36(3)59-8)63-48(71)24-20-15-13-12-14-19-23-47(70)61-27-28-69-45-34-67(10)55(74)41-26-25-35(2)29-42(41)37(4)76-46-30-39(32-62-51(46)58)49(45)52(60-9)66-69;1-11-43(38-21-17-16-18-22-38)63-53(71)44-31-40(33-67(44)55(73)49(56(5,6)7)64-52(70)36(3)58-8)60-26-20-15-13-12-14-19-23-47(69)61-27-28-68-45-34-66(10)54(72)41-25-24-35(2)29-42(41)37(4)74-46-30-39(32-62-50(46)57)48(45)51(59-9)65-68/h16-18,21-22,25-26,29-30,32,36-37,40,43-44,50,59H,11-15,19-20,23-24,27-28,31,33-34H2,1-8,10H3,(H2,58,62)(H,61,70)(H,63,71)(H,64,73)(H,65,72);16-18,21-22,24-25,29-30,32,36-37,40,43-44,49,58,60H,11-15,19-20,23,26-28,31,33-34H2,1-8,10H3,(H2,57,62)(H,61,69)(H,63,71)(H,64,70)/t36-,37+,40-,43+,44-,50+;36-,37+,40-,43+,44-,49+/m00/s1. The number of ether oxygens (including phenoxy) is 2. The fraction of sp³-hybridized carbons (Fsp3) is 0.531. The zero-order chi connectivity index (χ0) is 109. The highest BCUT2D eigenvalue weighted by Crippen LogP contribution is 2.43. The SMILES string of the molecule is [C-]#[N+]c1nn(CCNC(=O)CCCCCCCCC(=O)N[C@H]2C[C@@H](C(=O)N[C@H](CC)c3ccccc3)N(C(=O)[C@@H](NC(=O)[C@H](C)NC)C(C)(C)C)C2)c2c1-c1cnc(N)c(c1)O[C@H](C)c1cc(C)ccc1C(=O)N(C)C2.[C-]#[N+]c1nn(CCNC(=O)CCCCCCCCN[C@H]2C[C@@H](C(=O)N[C@H](CC)c3ccccc3)N(C(=O)[C@@H](NC(=O)[C@H](C)NC)C(C)(C)C)C2)c2c1-c1cnc(N)c(c1)O[C@H](C)c1cc(C)ccc1C(=O)N(C)C2. The molecular weight excluding hydrogens is 1900 g/mol. The Morgan fingerprint density at radius 2 is 0.867 bits per heavy atom. The predicted octanol–water partition coefficient (Wildman–Crippen LogP) is 13.8. The molecule has 37 nitrogen and oxygen atoms in total. The zero-order valence-electron chi connectivity index (χ0n) is 90.6. The summed E-state index contributed by atoms with van der Waals surface area (Å²) >= 11 is 0. The minimum Gasteiger partial charge on any atom is -0.482 e. The molecule has 0 spiro atoms.